The van der Waals surface area contributed by atoms with Crippen molar-refractivity contribution in [1.29, 1.82) is 0 Å². The smallest absolute Gasteiger partial charge is 0.254 e. The molecule has 2 heterocycles. The summed E-state index contributed by atoms with van der Waals surface area (Å²) in [7, 11) is 0. The highest BCUT2D eigenvalue weighted by Crippen LogP contribution is 2.44. The monoisotopic (exact) mass is 458 g/mol. The molecule has 1 aromatic carbocycles. The summed E-state index contributed by atoms with van der Waals surface area (Å²) < 4.78 is 0. The van der Waals surface area contributed by atoms with Gasteiger partial charge in [-0.05, 0) is 38.3 Å². The molecule has 1 aromatic rings. The molecule has 0 radical (unpaired) electrons. The third kappa shape index (κ3) is 6.76. The van der Waals surface area contributed by atoms with Gasteiger partial charge in [-0.1, -0.05) is 76.0 Å². The second kappa shape index (κ2) is 12.7. The molecule has 5 heteroatoms. The number of amides is 2. The maximum Gasteiger partial charge on any atom is 0.254 e. The van der Waals surface area contributed by atoms with E-state index in [1.54, 1.807) is 0 Å². The van der Waals surface area contributed by atoms with Gasteiger partial charge in [0.25, 0.3) is 5.91 Å². The Kier molecular flexibility index (Phi) is 9.95. The number of carbonyl (C=O) groups is 2. The van der Waals surface area contributed by atoms with Gasteiger partial charge in [-0.2, -0.15) is 0 Å². The lowest BCUT2D eigenvalue weighted by Gasteiger charge is -2.44. The number of aryl methyl sites for hydroxylation is 1. The number of hydrogen-bond acceptors (Lipinski definition) is 3. The Morgan fingerprint density at radius 1 is 0.875 bits per heavy atom. The van der Waals surface area contributed by atoms with Gasteiger partial charge < -0.3 is 9.80 Å². The zero-order valence-electron chi connectivity index (χ0n) is 20.2. The fraction of sp³-hybridized carbons (Fsp3) is 0.704. The van der Waals surface area contributed by atoms with Crippen molar-refractivity contribution in [1.82, 2.24) is 9.80 Å². The molecule has 1 spiro atoms. The number of thioether (sulfide) groups is 1. The lowest BCUT2D eigenvalue weighted by Crippen LogP contribution is -2.53. The van der Waals surface area contributed by atoms with Crippen molar-refractivity contribution < 1.29 is 9.59 Å². The van der Waals surface area contributed by atoms with Crippen LogP contribution in [0.1, 0.15) is 99.9 Å². The van der Waals surface area contributed by atoms with Crippen LogP contribution in [0.2, 0.25) is 0 Å². The molecular weight excluding hydrogens is 416 g/mol. The minimum atomic E-state index is -0.128. The summed E-state index contributed by atoms with van der Waals surface area (Å²) in [6.45, 7) is 6.67. The molecule has 2 fully saturated rings. The third-order valence-electron chi connectivity index (χ3n) is 7.11. The molecule has 0 atom stereocenters. The SMILES string of the molecule is CCCCCCCCCCCC(=O)N1CCC2(CC1)SCCN2C(=O)c1ccc(C)cc1. The van der Waals surface area contributed by atoms with Crippen molar-refractivity contribution in [3.05, 3.63) is 35.4 Å². The number of rotatable bonds is 11. The van der Waals surface area contributed by atoms with Crippen LogP contribution in [0.15, 0.2) is 24.3 Å². The van der Waals surface area contributed by atoms with E-state index in [4.69, 9.17) is 0 Å². The quantitative estimate of drug-likeness (QED) is 0.359. The van der Waals surface area contributed by atoms with Crippen molar-refractivity contribution in [3.63, 3.8) is 0 Å². The first-order valence-electron chi connectivity index (χ1n) is 12.9. The van der Waals surface area contributed by atoms with E-state index in [9.17, 15) is 9.59 Å². The average molecular weight is 459 g/mol. The Bertz CT molecular complexity index is 726. The van der Waals surface area contributed by atoms with Gasteiger partial charge in [-0.3, -0.25) is 9.59 Å². The Morgan fingerprint density at radius 2 is 1.47 bits per heavy atom. The van der Waals surface area contributed by atoms with E-state index in [0.29, 0.717) is 12.3 Å². The Labute approximate surface area is 199 Å². The summed E-state index contributed by atoms with van der Waals surface area (Å²) in [4.78, 5) is 29.9. The highest BCUT2D eigenvalue weighted by molar-refractivity contribution is 8.00. The molecule has 0 unspecified atom stereocenters. The highest BCUT2D eigenvalue weighted by atomic mass is 32.2. The lowest BCUT2D eigenvalue weighted by atomic mass is 10.00. The van der Waals surface area contributed by atoms with Gasteiger partial charge in [0.05, 0.1) is 4.87 Å². The lowest BCUT2D eigenvalue weighted by molar-refractivity contribution is -0.132. The van der Waals surface area contributed by atoms with Crippen molar-refractivity contribution in [2.45, 2.75) is 95.8 Å². The van der Waals surface area contributed by atoms with Gasteiger partial charge in [0.15, 0.2) is 0 Å². The van der Waals surface area contributed by atoms with E-state index in [0.717, 1.165) is 50.2 Å². The Morgan fingerprint density at radius 3 is 2.09 bits per heavy atom. The minimum absolute atomic E-state index is 0.128. The van der Waals surface area contributed by atoms with Crippen molar-refractivity contribution in [2.24, 2.45) is 0 Å². The van der Waals surface area contributed by atoms with E-state index in [1.807, 2.05) is 47.9 Å². The topological polar surface area (TPSA) is 40.6 Å². The second-order valence-corrected chi connectivity index (χ2v) is 11.0. The molecule has 2 saturated heterocycles. The molecule has 0 aromatic heterocycles. The number of likely N-dealkylation sites (tertiary alicyclic amines) is 1. The normalized spacial score (nSPS) is 17.8. The molecule has 3 rings (SSSR count). The van der Waals surface area contributed by atoms with Gasteiger partial charge in [-0.25, -0.2) is 0 Å². The maximum absolute atomic E-state index is 13.2. The predicted molar refractivity (Wildman–Crippen MR) is 135 cm³/mol. The number of nitrogens with zero attached hydrogens (tertiary/aromatic N) is 2. The molecule has 0 saturated carbocycles. The number of hydrogen-bond donors (Lipinski definition) is 0. The van der Waals surface area contributed by atoms with E-state index in [-0.39, 0.29) is 10.8 Å². The van der Waals surface area contributed by atoms with Crippen LogP contribution in [-0.2, 0) is 4.79 Å². The van der Waals surface area contributed by atoms with Gasteiger partial charge in [-0.15, -0.1) is 11.8 Å². The molecule has 32 heavy (non-hydrogen) atoms. The number of piperidine rings is 1. The summed E-state index contributed by atoms with van der Waals surface area (Å²) in [5.41, 5.74) is 1.95. The van der Waals surface area contributed by atoms with Crippen LogP contribution in [0, 0.1) is 6.92 Å². The molecule has 4 nitrogen and oxygen atoms in total. The molecule has 178 valence electrons. The summed E-state index contributed by atoms with van der Waals surface area (Å²) in [6, 6.07) is 7.91. The number of unbranched alkanes of at least 4 members (excludes halogenated alkanes) is 8. The van der Waals surface area contributed by atoms with E-state index < -0.39 is 0 Å². The number of benzene rings is 1. The first-order valence-corrected chi connectivity index (χ1v) is 13.8. The highest BCUT2D eigenvalue weighted by Gasteiger charge is 2.46. The van der Waals surface area contributed by atoms with Gasteiger partial charge >= 0.3 is 0 Å². The third-order valence-corrected chi connectivity index (χ3v) is 8.67. The van der Waals surface area contributed by atoms with Gasteiger partial charge in [0.1, 0.15) is 0 Å². The number of carbonyl (C=O) groups excluding carboxylic acids is 2. The average Bonchev–Trinajstić information content (AvgIpc) is 3.21. The van der Waals surface area contributed by atoms with Crippen LogP contribution in [0.3, 0.4) is 0 Å². The van der Waals surface area contributed by atoms with Crippen LogP contribution in [0.25, 0.3) is 0 Å². The van der Waals surface area contributed by atoms with Crippen LogP contribution in [0.5, 0.6) is 0 Å². The predicted octanol–water partition coefficient (Wildman–Crippen LogP) is 6.42. The van der Waals surface area contributed by atoms with Crippen LogP contribution in [0.4, 0.5) is 0 Å². The Hall–Kier alpha value is -1.49. The summed E-state index contributed by atoms with van der Waals surface area (Å²) in [5.74, 6) is 1.44. The molecule has 0 N–H and O–H groups in total. The largest absolute Gasteiger partial charge is 0.342 e. The first-order chi connectivity index (χ1) is 15.6. The summed E-state index contributed by atoms with van der Waals surface area (Å²) >= 11 is 1.91. The summed E-state index contributed by atoms with van der Waals surface area (Å²) in [5, 5.41) is 0. The zero-order valence-corrected chi connectivity index (χ0v) is 21.1. The van der Waals surface area contributed by atoms with Gasteiger partial charge in [0, 0.05) is 37.4 Å². The van der Waals surface area contributed by atoms with E-state index in [1.165, 1.54) is 56.9 Å². The van der Waals surface area contributed by atoms with Crippen molar-refractivity contribution in [2.75, 3.05) is 25.4 Å². The molecule has 0 aliphatic carbocycles. The molecule has 2 aliphatic rings. The standard InChI is InChI=1S/C27H42N2O2S/c1-3-4-5-6-7-8-9-10-11-12-25(30)28-19-17-27(18-20-28)29(21-22-32-27)26(31)24-15-13-23(2)14-16-24/h13-16H,3-12,17-22H2,1-2H3. The maximum atomic E-state index is 13.2. The Balaban J connectivity index is 1.38. The van der Waals surface area contributed by atoms with E-state index >= 15 is 0 Å². The summed E-state index contributed by atoms with van der Waals surface area (Å²) in [6.07, 6.45) is 14.0. The van der Waals surface area contributed by atoms with Crippen molar-refractivity contribution >= 4 is 23.6 Å². The van der Waals surface area contributed by atoms with E-state index in [2.05, 4.69) is 11.8 Å². The minimum Gasteiger partial charge on any atom is -0.342 e. The zero-order chi connectivity index (χ0) is 22.8. The fourth-order valence-corrected chi connectivity index (χ4v) is 6.47. The van der Waals surface area contributed by atoms with Crippen molar-refractivity contribution in [3.8, 4) is 0 Å². The van der Waals surface area contributed by atoms with Crippen LogP contribution in [-0.4, -0.2) is 51.9 Å². The molecular formula is C27H42N2O2S. The second-order valence-electron chi connectivity index (χ2n) is 9.58. The molecule has 2 aliphatic heterocycles. The molecule has 2 amide bonds. The molecule has 0 bridgehead atoms. The van der Waals surface area contributed by atoms with Gasteiger partial charge in [0.2, 0.25) is 5.91 Å². The fourth-order valence-electron chi connectivity index (χ4n) is 5.01. The van der Waals surface area contributed by atoms with Crippen LogP contribution < -0.4 is 0 Å². The van der Waals surface area contributed by atoms with Crippen LogP contribution >= 0.6 is 11.8 Å². The first kappa shape index (κ1) is 25.1.